The Bertz CT molecular complexity index is 666. The number of carboxylic acids is 1. The summed E-state index contributed by atoms with van der Waals surface area (Å²) in [4.78, 5) is 26.3. The molecular formula is C11H6N3O3-. The van der Waals surface area contributed by atoms with Crippen LogP contribution in [0.2, 0.25) is 0 Å². The van der Waals surface area contributed by atoms with Crippen LogP contribution in [0.1, 0.15) is 20.8 Å². The number of rotatable bonds is 1. The molecule has 6 nitrogen and oxygen atoms in total. The zero-order valence-electron chi connectivity index (χ0n) is 8.48. The zero-order chi connectivity index (χ0) is 12.0. The number of nitrogens with zero attached hydrogens (tertiary/aromatic N) is 1. The maximum Gasteiger partial charge on any atom is 0.270 e. The van der Waals surface area contributed by atoms with Gasteiger partial charge < -0.3 is 9.90 Å². The van der Waals surface area contributed by atoms with Gasteiger partial charge in [-0.3, -0.25) is 15.6 Å². The van der Waals surface area contributed by atoms with Crippen molar-refractivity contribution in [2.45, 2.75) is 0 Å². The highest BCUT2D eigenvalue weighted by molar-refractivity contribution is 6.14. The molecule has 2 N–H and O–H groups in total. The minimum absolute atomic E-state index is 0.173. The predicted molar refractivity (Wildman–Crippen MR) is 57.2 cm³/mol. The molecule has 3 rings (SSSR count). The van der Waals surface area contributed by atoms with Gasteiger partial charge in [0.25, 0.3) is 5.91 Å². The van der Waals surface area contributed by atoms with E-state index in [1.807, 2.05) is 0 Å². The largest absolute Gasteiger partial charge is 0.543 e. The minimum Gasteiger partial charge on any atom is -0.543 e. The number of nitrogens with one attached hydrogen (secondary N) is 2. The number of anilines is 1. The third-order valence-electron chi connectivity index (χ3n) is 2.60. The number of hydrogen-bond acceptors (Lipinski definition) is 5. The van der Waals surface area contributed by atoms with Crippen LogP contribution in [0.15, 0.2) is 24.3 Å². The van der Waals surface area contributed by atoms with Crippen molar-refractivity contribution in [2.75, 3.05) is 5.43 Å². The molecule has 0 saturated carbocycles. The van der Waals surface area contributed by atoms with E-state index < -0.39 is 5.97 Å². The maximum atomic E-state index is 11.6. The molecule has 0 aliphatic carbocycles. The Morgan fingerprint density at radius 3 is 2.88 bits per heavy atom. The van der Waals surface area contributed by atoms with Crippen molar-refractivity contribution in [3.63, 3.8) is 0 Å². The first kappa shape index (κ1) is 9.59. The van der Waals surface area contributed by atoms with E-state index in [4.69, 9.17) is 0 Å². The van der Waals surface area contributed by atoms with Gasteiger partial charge in [-0.25, -0.2) is 4.98 Å². The highest BCUT2D eigenvalue weighted by Crippen LogP contribution is 2.28. The number of carboxylic acid groups (broad SMARTS) is 1. The van der Waals surface area contributed by atoms with Gasteiger partial charge in [-0.05, 0) is 18.2 Å². The summed E-state index contributed by atoms with van der Waals surface area (Å²) in [6.07, 6.45) is 0. The van der Waals surface area contributed by atoms with Gasteiger partial charge in [0.1, 0.15) is 0 Å². The van der Waals surface area contributed by atoms with E-state index in [2.05, 4.69) is 15.8 Å². The SMILES string of the molecule is O=C([O-])c1cc2c3c(cccc3n1)C(=O)NN2. The van der Waals surface area contributed by atoms with Crippen LogP contribution in [-0.2, 0) is 0 Å². The fourth-order valence-electron chi connectivity index (χ4n) is 1.87. The first-order valence-electron chi connectivity index (χ1n) is 4.88. The second kappa shape index (κ2) is 3.18. The van der Waals surface area contributed by atoms with Crippen LogP contribution in [-0.4, -0.2) is 16.9 Å². The summed E-state index contributed by atoms with van der Waals surface area (Å²) in [5.41, 5.74) is 6.32. The Kier molecular flexibility index (Phi) is 1.79. The van der Waals surface area contributed by atoms with Crippen LogP contribution in [0.3, 0.4) is 0 Å². The highest BCUT2D eigenvalue weighted by Gasteiger charge is 2.19. The van der Waals surface area contributed by atoms with Crippen molar-refractivity contribution in [2.24, 2.45) is 0 Å². The molecule has 84 valence electrons. The lowest BCUT2D eigenvalue weighted by atomic mass is 10.0. The van der Waals surface area contributed by atoms with Gasteiger partial charge in [-0.15, -0.1) is 0 Å². The first-order valence-corrected chi connectivity index (χ1v) is 4.88. The average Bonchev–Trinajstić information content (AvgIpc) is 2.33. The van der Waals surface area contributed by atoms with E-state index in [0.29, 0.717) is 22.2 Å². The average molecular weight is 228 g/mol. The van der Waals surface area contributed by atoms with E-state index in [0.717, 1.165) is 0 Å². The fourth-order valence-corrected chi connectivity index (χ4v) is 1.87. The van der Waals surface area contributed by atoms with Crippen LogP contribution >= 0.6 is 0 Å². The Balaban J connectivity index is 2.42. The minimum atomic E-state index is -1.35. The van der Waals surface area contributed by atoms with E-state index in [1.165, 1.54) is 6.07 Å². The topological polar surface area (TPSA) is 94.2 Å². The standard InChI is InChI=1S/C11H7N3O3/c15-10-5-2-1-3-6-9(5)7(13-14-10)4-8(12-6)11(16)17/h1-4,13H,(H,14,15)(H,16,17)/p-1. The number of carbonyl (C=O) groups is 2. The molecule has 2 heterocycles. The molecule has 0 bridgehead atoms. The van der Waals surface area contributed by atoms with Gasteiger partial charge >= 0.3 is 0 Å². The first-order chi connectivity index (χ1) is 8.16. The van der Waals surface area contributed by atoms with E-state index >= 15 is 0 Å². The number of aromatic nitrogens is 1. The predicted octanol–water partition coefficient (Wildman–Crippen LogP) is -0.331. The summed E-state index contributed by atoms with van der Waals surface area (Å²) < 4.78 is 0. The molecule has 1 aliphatic rings. The summed E-state index contributed by atoms with van der Waals surface area (Å²) in [6.45, 7) is 0. The molecule has 0 saturated heterocycles. The normalized spacial score (nSPS) is 13.1. The number of amides is 1. The Morgan fingerprint density at radius 1 is 1.29 bits per heavy atom. The van der Waals surface area contributed by atoms with Crippen molar-refractivity contribution in [1.29, 1.82) is 0 Å². The summed E-state index contributed by atoms with van der Waals surface area (Å²) in [7, 11) is 0. The van der Waals surface area contributed by atoms with Crippen LogP contribution in [0.5, 0.6) is 0 Å². The van der Waals surface area contributed by atoms with Gasteiger partial charge in [0.2, 0.25) is 0 Å². The molecule has 1 amide bonds. The molecule has 0 fully saturated rings. The molecule has 6 heteroatoms. The molecule has 0 unspecified atom stereocenters. The van der Waals surface area contributed by atoms with E-state index in [9.17, 15) is 14.7 Å². The molecule has 0 spiro atoms. The van der Waals surface area contributed by atoms with E-state index in [-0.39, 0.29) is 11.6 Å². The lowest BCUT2D eigenvalue weighted by Gasteiger charge is -2.19. The third kappa shape index (κ3) is 1.31. The van der Waals surface area contributed by atoms with Crippen molar-refractivity contribution in [3.8, 4) is 0 Å². The van der Waals surface area contributed by atoms with Crippen LogP contribution in [0.4, 0.5) is 5.69 Å². The summed E-state index contributed by atoms with van der Waals surface area (Å²) in [5, 5.41) is 11.4. The van der Waals surface area contributed by atoms with Crippen LogP contribution < -0.4 is 16.0 Å². The zero-order valence-corrected chi connectivity index (χ0v) is 8.48. The highest BCUT2D eigenvalue weighted by atomic mass is 16.4. The molecule has 2 aromatic rings. The van der Waals surface area contributed by atoms with Crippen LogP contribution in [0.25, 0.3) is 10.9 Å². The van der Waals surface area contributed by atoms with Gasteiger partial charge in [0.05, 0.1) is 28.4 Å². The van der Waals surface area contributed by atoms with Crippen molar-refractivity contribution < 1.29 is 14.7 Å². The lowest BCUT2D eigenvalue weighted by molar-refractivity contribution is -0.255. The molecule has 0 atom stereocenters. The summed E-state index contributed by atoms with van der Waals surface area (Å²) >= 11 is 0. The van der Waals surface area contributed by atoms with Gasteiger partial charge in [0.15, 0.2) is 0 Å². The Morgan fingerprint density at radius 2 is 2.12 bits per heavy atom. The number of carbonyl (C=O) groups excluding carboxylic acids is 2. The number of benzene rings is 1. The van der Waals surface area contributed by atoms with E-state index in [1.54, 1.807) is 18.2 Å². The third-order valence-corrected chi connectivity index (χ3v) is 2.60. The maximum absolute atomic E-state index is 11.6. The fraction of sp³-hybridized carbons (Fsp3) is 0. The smallest absolute Gasteiger partial charge is 0.270 e. The number of pyridine rings is 1. The van der Waals surface area contributed by atoms with Crippen molar-refractivity contribution in [1.82, 2.24) is 10.4 Å². The van der Waals surface area contributed by atoms with Gasteiger partial charge in [0, 0.05) is 5.39 Å². The Labute approximate surface area is 95.2 Å². The Hall–Kier alpha value is -2.63. The lowest BCUT2D eigenvalue weighted by Crippen LogP contribution is -2.34. The molecule has 1 aromatic heterocycles. The molecule has 17 heavy (non-hydrogen) atoms. The molecule has 1 aliphatic heterocycles. The van der Waals surface area contributed by atoms with Crippen LogP contribution in [0, 0.1) is 0 Å². The number of hydrogen-bond donors (Lipinski definition) is 2. The van der Waals surface area contributed by atoms with Crippen molar-refractivity contribution in [3.05, 3.63) is 35.5 Å². The molecular weight excluding hydrogens is 222 g/mol. The van der Waals surface area contributed by atoms with Gasteiger partial charge in [-0.2, -0.15) is 0 Å². The number of hydrazine groups is 1. The monoisotopic (exact) mass is 228 g/mol. The summed E-state index contributed by atoms with van der Waals surface area (Å²) in [6, 6.07) is 6.29. The van der Waals surface area contributed by atoms with Gasteiger partial charge in [-0.1, -0.05) is 6.07 Å². The quantitative estimate of drug-likeness (QED) is 0.696. The second-order valence-corrected chi connectivity index (χ2v) is 3.62. The summed E-state index contributed by atoms with van der Waals surface area (Å²) in [5.74, 6) is -1.63. The number of aromatic carboxylic acids is 1. The molecule has 0 radical (unpaired) electrons. The van der Waals surface area contributed by atoms with Crippen molar-refractivity contribution >= 4 is 28.5 Å². The second-order valence-electron chi connectivity index (χ2n) is 3.62. The molecule has 1 aromatic carbocycles.